The fourth-order valence-electron chi connectivity index (χ4n) is 2.48. The molecule has 1 aromatic carbocycles. The first-order chi connectivity index (χ1) is 12.8. The highest BCUT2D eigenvalue weighted by atomic mass is 16.5. The number of anilines is 1. The smallest absolute Gasteiger partial charge is 0.331 e. The Labute approximate surface area is 157 Å². The van der Waals surface area contributed by atoms with Gasteiger partial charge in [-0.15, -0.1) is 0 Å². The summed E-state index contributed by atoms with van der Waals surface area (Å²) in [4.78, 5) is 23.8. The van der Waals surface area contributed by atoms with Crippen LogP contribution in [0.4, 0.5) is 5.69 Å². The quantitative estimate of drug-likeness (QED) is 0.591. The van der Waals surface area contributed by atoms with E-state index >= 15 is 0 Å². The zero-order valence-corrected chi connectivity index (χ0v) is 16.0. The molecule has 0 unspecified atom stereocenters. The van der Waals surface area contributed by atoms with Gasteiger partial charge in [-0.25, -0.2) is 4.79 Å². The molecule has 0 spiro atoms. The molecule has 1 aromatic heterocycles. The van der Waals surface area contributed by atoms with E-state index < -0.39 is 18.5 Å². The lowest BCUT2D eigenvalue weighted by molar-refractivity contribution is -0.142. The molecule has 1 N–H and O–H groups in total. The molecule has 0 atom stereocenters. The minimum Gasteiger partial charge on any atom is -0.493 e. The Morgan fingerprint density at radius 2 is 1.89 bits per heavy atom. The molecule has 144 valence electrons. The van der Waals surface area contributed by atoms with Crippen molar-refractivity contribution >= 4 is 23.6 Å². The zero-order chi connectivity index (χ0) is 20.0. The minimum atomic E-state index is -0.611. The molecular weight excluding hydrogens is 350 g/mol. The fraction of sp³-hybridized carbons (Fsp3) is 0.316. The van der Waals surface area contributed by atoms with Gasteiger partial charge in [-0.1, -0.05) is 0 Å². The summed E-state index contributed by atoms with van der Waals surface area (Å²) < 4.78 is 17.0. The van der Waals surface area contributed by atoms with Gasteiger partial charge in [0.15, 0.2) is 18.1 Å². The molecular formula is C19H23N3O5. The molecule has 8 heteroatoms. The van der Waals surface area contributed by atoms with Gasteiger partial charge < -0.3 is 19.5 Å². The second-order valence-electron chi connectivity index (χ2n) is 5.77. The first kappa shape index (κ1) is 20.0. The maximum absolute atomic E-state index is 12.0. The minimum absolute atomic E-state index is 0.400. The maximum atomic E-state index is 12.0. The van der Waals surface area contributed by atoms with Gasteiger partial charge in [0, 0.05) is 36.1 Å². The Balaban J connectivity index is 1.90. The van der Waals surface area contributed by atoms with Crippen LogP contribution in [-0.4, -0.2) is 42.5 Å². The summed E-state index contributed by atoms with van der Waals surface area (Å²) in [5.74, 6) is -0.0386. The number of ether oxygens (including phenoxy) is 3. The maximum Gasteiger partial charge on any atom is 0.331 e. The Kier molecular flexibility index (Phi) is 6.59. The highest BCUT2D eigenvalue weighted by molar-refractivity contribution is 5.95. The highest BCUT2D eigenvalue weighted by Crippen LogP contribution is 2.29. The molecule has 2 rings (SSSR count). The molecule has 0 aliphatic heterocycles. The lowest BCUT2D eigenvalue weighted by atomic mass is 10.2. The average molecular weight is 373 g/mol. The molecule has 0 bridgehead atoms. The van der Waals surface area contributed by atoms with Crippen LogP contribution in [0, 0.1) is 13.8 Å². The molecule has 0 saturated carbocycles. The number of esters is 1. The van der Waals surface area contributed by atoms with Crippen LogP contribution in [0.5, 0.6) is 11.5 Å². The Bertz CT molecular complexity index is 870. The van der Waals surface area contributed by atoms with E-state index in [1.54, 1.807) is 29.0 Å². The Hall–Kier alpha value is -3.29. The summed E-state index contributed by atoms with van der Waals surface area (Å²) in [5, 5.41) is 6.90. The fourth-order valence-corrected chi connectivity index (χ4v) is 2.48. The van der Waals surface area contributed by atoms with Gasteiger partial charge in [-0.05, 0) is 32.1 Å². The molecule has 27 heavy (non-hydrogen) atoms. The number of nitrogens with one attached hydrogen (secondary N) is 1. The number of carbonyl (C=O) groups excluding carboxylic acids is 2. The van der Waals surface area contributed by atoms with Gasteiger partial charge in [-0.3, -0.25) is 9.48 Å². The molecule has 1 amide bonds. The van der Waals surface area contributed by atoms with Crippen LogP contribution in [0.25, 0.3) is 6.08 Å². The van der Waals surface area contributed by atoms with E-state index in [-0.39, 0.29) is 0 Å². The van der Waals surface area contributed by atoms with E-state index in [2.05, 4.69) is 10.4 Å². The lowest BCUT2D eigenvalue weighted by Crippen LogP contribution is -2.20. The number of aromatic nitrogens is 2. The van der Waals surface area contributed by atoms with Crippen molar-refractivity contribution in [1.82, 2.24) is 9.78 Å². The monoisotopic (exact) mass is 373 g/mol. The largest absolute Gasteiger partial charge is 0.493 e. The molecule has 0 aliphatic rings. The second kappa shape index (κ2) is 8.88. The van der Waals surface area contributed by atoms with Crippen LogP contribution in [0.2, 0.25) is 0 Å². The van der Waals surface area contributed by atoms with E-state index in [1.807, 2.05) is 20.9 Å². The predicted octanol–water partition coefficient (Wildman–Crippen LogP) is 2.25. The van der Waals surface area contributed by atoms with Crippen LogP contribution in [0.3, 0.4) is 0 Å². The van der Waals surface area contributed by atoms with Gasteiger partial charge in [0.25, 0.3) is 5.91 Å². The number of benzene rings is 1. The number of hydrogen-bond acceptors (Lipinski definition) is 6. The number of rotatable bonds is 7. The number of aryl methyl sites for hydroxylation is 2. The third-order valence-corrected chi connectivity index (χ3v) is 3.96. The summed E-state index contributed by atoms with van der Waals surface area (Å²) in [5.41, 5.74) is 3.10. The van der Waals surface area contributed by atoms with E-state index in [4.69, 9.17) is 14.2 Å². The molecule has 0 saturated heterocycles. The highest BCUT2D eigenvalue weighted by Gasteiger charge is 2.10. The summed E-state index contributed by atoms with van der Waals surface area (Å²) in [6, 6.07) is 4.95. The van der Waals surface area contributed by atoms with Crippen molar-refractivity contribution in [3.05, 3.63) is 41.2 Å². The van der Waals surface area contributed by atoms with Gasteiger partial charge in [0.05, 0.1) is 19.9 Å². The van der Waals surface area contributed by atoms with Crippen LogP contribution in [0.15, 0.2) is 24.3 Å². The van der Waals surface area contributed by atoms with Crippen LogP contribution in [0.1, 0.15) is 17.0 Å². The summed E-state index contributed by atoms with van der Waals surface area (Å²) in [6.45, 7) is 3.36. The topological polar surface area (TPSA) is 91.7 Å². The van der Waals surface area contributed by atoms with E-state index in [1.165, 1.54) is 20.3 Å². The third kappa shape index (κ3) is 5.10. The normalized spacial score (nSPS) is 10.7. The number of hydrogen-bond donors (Lipinski definition) is 1. The first-order valence-corrected chi connectivity index (χ1v) is 8.22. The molecule has 1 heterocycles. The van der Waals surface area contributed by atoms with E-state index in [9.17, 15) is 9.59 Å². The Morgan fingerprint density at radius 3 is 2.48 bits per heavy atom. The zero-order valence-electron chi connectivity index (χ0n) is 16.0. The number of nitrogens with zero attached hydrogens (tertiary/aromatic N) is 2. The van der Waals surface area contributed by atoms with Gasteiger partial charge in [0.2, 0.25) is 0 Å². The lowest BCUT2D eigenvalue weighted by Gasteiger charge is -2.10. The van der Waals surface area contributed by atoms with Crippen molar-refractivity contribution in [1.29, 1.82) is 0 Å². The first-order valence-electron chi connectivity index (χ1n) is 8.22. The van der Waals surface area contributed by atoms with Crippen molar-refractivity contribution in [3.8, 4) is 11.5 Å². The predicted molar refractivity (Wildman–Crippen MR) is 101 cm³/mol. The summed E-state index contributed by atoms with van der Waals surface area (Å²) >= 11 is 0. The number of carbonyl (C=O) groups is 2. The van der Waals surface area contributed by atoms with E-state index in [0.717, 1.165) is 17.0 Å². The van der Waals surface area contributed by atoms with Crippen LogP contribution < -0.4 is 14.8 Å². The Morgan fingerprint density at radius 1 is 1.19 bits per heavy atom. The summed E-state index contributed by atoms with van der Waals surface area (Å²) in [6.07, 6.45) is 2.91. The second-order valence-corrected chi connectivity index (χ2v) is 5.77. The standard InChI is InChI=1S/C19H23N3O5/c1-12-15(13(2)22(3)21-12)7-9-19(24)27-11-18(23)20-14-6-8-16(25-4)17(10-14)26-5/h6-10H,11H2,1-5H3,(H,20,23)/b9-7+. The third-order valence-electron chi connectivity index (χ3n) is 3.96. The van der Waals surface area contributed by atoms with Crippen molar-refractivity contribution in [2.75, 3.05) is 26.1 Å². The molecule has 0 aliphatic carbocycles. The van der Waals surface area contributed by atoms with Gasteiger partial charge in [-0.2, -0.15) is 5.10 Å². The molecule has 2 aromatic rings. The molecule has 0 radical (unpaired) electrons. The number of methoxy groups -OCH3 is 2. The number of amides is 1. The average Bonchev–Trinajstić information content (AvgIpc) is 2.89. The van der Waals surface area contributed by atoms with Crippen molar-refractivity contribution in [3.63, 3.8) is 0 Å². The van der Waals surface area contributed by atoms with Gasteiger partial charge in [0.1, 0.15) is 0 Å². The molecule has 0 fully saturated rings. The molecule has 8 nitrogen and oxygen atoms in total. The van der Waals surface area contributed by atoms with Gasteiger partial charge >= 0.3 is 5.97 Å². The summed E-state index contributed by atoms with van der Waals surface area (Å²) in [7, 11) is 4.86. The van der Waals surface area contributed by atoms with Crippen molar-refractivity contribution in [2.24, 2.45) is 7.05 Å². The van der Waals surface area contributed by atoms with Crippen molar-refractivity contribution in [2.45, 2.75) is 13.8 Å². The van der Waals surface area contributed by atoms with Crippen LogP contribution >= 0.6 is 0 Å². The van der Waals surface area contributed by atoms with Crippen LogP contribution in [-0.2, 0) is 21.4 Å². The van der Waals surface area contributed by atoms with Crippen molar-refractivity contribution < 1.29 is 23.8 Å². The van der Waals surface area contributed by atoms with E-state index in [0.29, 0.717) is 17.2 Å². The SMILES string of the molecule is COc1ccc(NC(=O)COC(=O)/C=C/c2c(C)nn(C)c2C)cc1OC.